The van der Waals surface area contributed by atoms with Crippen LogP contribution in [0.2, 0.25) is 0 Å². The van der Waals surface area contributed by atoms with Gasteiger partial charge in [-0.05, 0) is 49.8 Å². The summed E-state index contributed by atoms with van der Waals surface area (Å²) in [5, 5.41) is 5.74. The second kappa shape index (κ2) is 12.7. The summed E-state index contributed by atoms with van der Waals surface area (Å²) in [4.78, 5) is 25.5. The summed E-state index contributed by atoms with van der Waals surface area (Å²) in [6.45, 7) is 3.24. The van der Waals surface area contributed by atoms with Crippen LogP contribution in [0.25, 0.3) is 0 Å². The molecule has 2 aromatic rings. The molecule has 3 rings (SSSR count). The highest BCUT2D eigenvalue weighted by Gasteiger charge is 2.32. The lowest BCUT2D eigenvalue weighted by molar-refractivity contribution is -0.120. The molecule has 0 unspecified atom stereocenters. The van der Waals surface area contributed by atoms with Crippen LogP contribution in [0.1, 0.15) is 54.9 Å². The molecule has 7 nitrogen and oxygen atoms in total. The van der Waals surface area contributed by atoms with E-state index in [2.05, 4.69) is 17.6 Å². The Morgan fingerprint density at radius 2 is 1.76 bits per heavy atom. The average molecular weight is 486 g/mol. The second-order valence-electron chi connectivity index (χ2n) is 8.75. The molecule has 2 N–H and O–H groups in total. The van der Waals surface area contributed by atoms with E-state index in [0.29, 0.717) is 50.0 Å². The molecule has 0 spiro atoms. The lowest BCUT2D eigenvalue weighted by Gasteiger charge is -2.31. The number of amides is 2. The first kappa shape index (κ1) is 25.9. The van der Waals surface area contributed by atoms with Crippen LogP contribution in [0.3, 0.4) is 0 Å². The molecule has 0 aliphatic carbocycles. The monoisotopic (exact) mass is 485 g/mol. The first-order chi connectivity index (χ1) is 16.4. The minimum absolute atomic E-state index is 0.0665. The minimum atomic E-state index is -3.44. The van der Waals surface area contributed by atoms with E-state index in [9.17, 15) is 18.0 Å². The fraction of sp³-hybridized carbons (Fsp3) is 0.462. The summed E-state index contributed by atoms with van der Waals surface area (Å²) in [6.07, 6.45) is 4.36. The van der Waals surface area contributed by atoms with Crippen LogP contribution >= 0.6 is 0 Å². The first-order valence-electron chi connectivity index (χ1n) is 12.1. The zero-order valence-corrected chi connectivity index (χ0v) is 20.6. The minimum Gasteiger partial charge on any atom is -0.352 e. The van der Waals surface area contributed by atoms with Crippen LogP contribution in [0, 0.1) is 5.92 Å². The zero-order chi connectivity index (χ0) is 24.4. The molecule has 1 atom stereocenters. The van der Waals surface area contributed by atoms with Crippen LogP contribution in [-0.2, 0) is 21.2 Å². The number of nitrogens with zero attached hydrogens (tertiary/aromatic N) is 1. The molecule has 34 heavy (non-hydrogen) atoms. The maximum atomic E-state index is 13.0. The van der Waals surface area contributed by atoms with Crippen molar-refractivity contribution in [3.05, 3.63) is 65.7 Å². The summed E-state index contributed by atoms with van der Waals surface area (Å²) in [5.74, 6) is -0.862. The van der Waals surface area contributed by atoms with Gasteiger partial charge in [0.25, 0.3) is 5.91 Å². The molecular formula is C26H35N3O4S. The van der Waals surface area contributed by atoms with E-state index in [1.807, 2.05) is 30.3 Å². The van der Waals surface area contributed by atoms with Gasteiger partial charge in [0, 0.05) is 19.6 Å². The first-order valence-corrected chi connectivity index (χ1v) is 13.7. The van der Waals surface area contributed by atoms with Gasteiger partial charge < -0.3 is 10.6 Å². The molecule has 2 aromatic carbocycles. The Balaban J connectivity index is 1.57. The fourth-order valence-electron chi connectivity index (χ4n) is 4.14. The van der Waals surface area contributed by atoms with Crippen molar-refractivity contribution in [2.75, 3.05) is 30.7 Å². The van der Waals surface area contributed by atoms with Crippen LogP contribution in [-0.4, -0.2) is 49.9 Å². The number of carbonyl (C=O) groups excluding carboxylic acids is 2. The van der Waals surface area contributed by atoms with Crippen LogP contribution < -0.4 is 10.6 Å². The molecule has 0 radical (unpaired) electrons. The number of benzene rings is 2. The highest BCUT2D eigenvalue weighted by molar-refractivity contribution is 7.89. The van der Waals surface area contributed by atoms with E-state index in [-0.39, 0.29) is 24.1 Å². The highest BCUT2D eigenvalue weighted by Crippen LogP contribution is 2.23. The fourth-order valence-corrected chi connectivity index (χ4v) is 5.72. The number of hydrogen-bond donors (Lipinski definition) is 2. The summed E-state index contributed by atoms with van der Waals surface area (Å²) in [7, 11) is -3.44. The summed E-state index contributed by atoms with van der Waals surface area (Å²) in [5.41, 5.74) is 1.98. The zero-order valence-electron chi connectivity index (χ0n) is 19.8. The number of carbonyl (C=O) groups is 2. The van der Waals surface area contributed by atoms with Gasteiger partial charge in [0.05, 0.1) is 22.9 Å². The van der Waals surface area contributed by atoms with Crippen LogP contribution in [0.4, 0.5) is 5.69 Å². The number of anilines is 1. The maximum Gasteiger partial charge on any atom is 0.253 e. The highest BCUT2D eigenvalue weighted by atomic mass is 32.2. The maximum absolute atomic E-state index is 13.0. The van der Waals surface area contributed by atoms with Crippen LogP contribution in [0.5, 0.6) is 0 Å². The molecule has 2 amide bonds. The average Bonchev–Trinajstić information content (AvgIpc) is 2.85. The SMILES string of the molecule is CCCCNC(=O)c1ccccc1NC(=O)[C@@H]1CCCN(S(=O)(=O)CCCc2ccccc2)C1. The van der Waals surface area contributed by atoms with Crippen molar-refractivity contribution in [1.82, 2.24) is 9.62 Å². The van der Waals surface area contributed by atoms with Crippen LogP contribution in [0.15, 0.2) is 54.6 Å². The Labute approximate surface area is 203 Å². The topological polar surface area (TPSA) is 95.6 Å². The Morgan fingerprint density at radius 1 is 1.03 bits per heavy atom. The molecule has 1 saturated heterocycles. The predicted octanol–water partition coefficient (Wildman–Crippen LogP) is 3.83. The standard InChI is InChI=1S/C26H35N3O4S/c1-2-3-17-27-26(31)23-15-7-8-16-24(23)28-25(30)22-14-9-18-29(20-22)34(32,33)19-10-13-21-11-5-4-6-12-21/h4-8,11-12,15-16,22H,2-3,9-10,13-14,17-20H2,1H3,(H,27,31)(H,28,30)/t22-/m1/s1. The number of sulfonamides is 1. The number of para-hydroxylation sites is 1. The molecule has 8 heteroatoms. The molecule has 0 bridgehead atoms. The van der Waals surface area contributed by atoms with Gasteiger partial charge in [0.15, 0.2) is 0 Å². The van der Waals surface area contributed by atoms with Gasteiger partial charge in [-0.15, -0.1) is 0 Å². The predicted molar refractivity (Wildman–Crippen MR) is 135 cm³/mol. The van der Waals surface area contributed by atoms with Gasteiger partial charge >= 0.3 is 0 Å². The van der Waals surface area contributed by atoms with E-state index in [1.165, 1.54) is 4.31 Å². The number of unbranched alkanes of at least 4 members (excludes halogenated alkanes) is 1. The van der Waals surface area contributed by atoms with Gasteiger partial charge in [0.1, 0.15) is 0 Å². The molecule has 0 saturated carbocycles. The van der Waals surface area contributed by atoms with E-state index in [1.54, 1.807) is 24.3 Å². The Morgan fingerprint density at radius 3 is 2.53 bits per heavy atom. The molecule has 1 heterocycles. The van der Waals surface area contributed by atoms with Gasteiger partial charge in [0.2, 0.25) is 15.9 Å². The van der Waals surface area contributed by atoms with Crippen molar-refractivity contribution in [3.8, 4) is 0 Å². The van der Waals surface area contributed by atoms with Crippen molar-refractivity contribution in [1.29, 1.82) is 0 Å². The summed E-state index contributed by atoms with van der Waals surface area (Å²) in [6, 6.07) is 16.7. The van der Waals surface area contributed by atoms with E-state index in [0.717, 1.165) is 18.4 Å². The number of rotatable bonds is 11. The third-order valence-corrected chi connectivity index (χ3v) is 8.03. The van der Waals surface area contributed by atoms with E-state index >= 15 is 0 Å². The van der Waals surface area contributed by atoms with Crippen molar-refractivity contribution in [2.24, 2.45) is 5.92 Å². The number of nitrogens with one attached hydrogen (secondary N) is 2. The summed E-state index contributed by atoms with van der Waals surface area (Å²) < 4.78 is 27.3. The van der Waals surface area contributed by atoms with Gasteiger partial charge in [-0.2, -0.15) is 0 Å². The molecule has 0 aromatic heterocycles. The molecule has 1 aliphatic rings. The lowest BCUT2D eigenvalue weighted by Crippen LogP contribution is -2.44. The number of hydrogen-bond acceptors (Lipinski definition) is 4. The largest absolute Gasteiger partial charge is 0.352 e. The van der Waals surface area contributed by atoms with Crippen molar-refractivity contribution in [3.63, 3.8) is 0 Å². The molecule has 1 fully saturated rings. The third kappa shape index (κ3) is 7.40. The van der Waals surface area contributed by atoms with Crippen molar-refractivity contribution in [2.45, 2.75) is 45.4 Å². The van der Waals surface area contributed by atoms with Crippen molar-refractivity contribution >= 4 is 27.5 Å². The molecule has 1 aliphatic heterocycles. The Kier molecular flexibility index (Phi) is 9.65. The van der Waals surface area contributed by atoms with E-state index < -0.39 is 15.9 Å². The Bertz CT molecular complexity index is 1060. The summed E-state index contributed by atoms with van der Waals surface area (Å²) >= 11 is 0. The second-order valence-corrected chi connectivity index (χ2v) is 10.8. The molecular weight excluding hydrogens is 450 g/mol. The molecule has 184 valence electrons. The van der Waals surface area contributed by atoms with Gasteiger partial charge in [-0.3, -0.25) is 9.59 Å². The normalized spacial score (nSPS) is 16.7. The number of piperidine rings is 1. The third-order valence-electron chi connectivity index (χ3n) is 6.10. The lowest BCUT2D eigenvalue weighted by atomic mass is 9.98. The quantitative estimate of drug-likeness (QED) is 0.473. The van der Waals surface area contributed by atoms with E-state index in [4.69, 9.17) is 0 Å². The number of aryl methyl sites for hydroxylation is 1. The van der Waals surface area contributed by atoms with Crippen molar-refractivity contribution < 1.29 is 18.0 Å². The Hall–Kier alpha value is -2.71. The van der Waals surface area contributed by atoms with Gasteiger partial charge in [-0.25, -0.2) is 12.7 Å². The smallest absolute Gasteiger partial charge is 0.253 e. The van der Waals surface area contributed by atoms with Gasteiger partial charge in [-0.1, -0.05) is 55.8 Å².